The van der Waals surface area contributed by atoms with Crippen molar-refractivity contribution in [1.29, 1.82) is 0 Å². The monoisotopic (exact) mass is 359 g/mol. The predicted molar refractivity (Wildman–Crippen MR) is 80.4 cm³/mol. The molecule has 0 radical (unpaired) electrons. The number of amides is 1. The number of hydrogen-bond donors (Lipinski definition) is 0. The summed E-state index contributed by atoms with van der Waals surface area (Å²) < 4.78 is 58.2. The highest BCUT2D eigenvalue weighted by Crippen LogP contribution is 2.47. The summed E-state index contributed by atoms with van der Waals surface area (Å²) >= 11 is 5.90. The Bertz CT molecular complexity index is 822. The number of halogens is 5. The zero-order chi connectivity index (χ0) is 17.6. The molecule has 3 rings (SSSR count). The minimum atomic E-state index is -4.61. The van der Waals surface area contributed by atoms with Gasteiger partial charge in [0, 0.05) is 10.6 Å². The molecule has 1 aliphatic heterocycles. The molecular formula is C16H10ClF4NO2. The highest BCUT2D eigenvalue weighted by molar-refractivity contribution is 6.31. The number of ether oxygens (including phenoxy) is 1. The van der Waals surface area contributed by atoms with Crippen LogP contribution in [-0.4, -0.2) is 13.0 Å². The molecule has 0 unspecified atom stereocenters. The molecule has 1 aliphatic rings. The summed E-state index contributed by atoms with van der Waals surface area (Å²) in [7, 11) is 1.33. The maximum atomic E-state index is 14.3. The van der Waals surface area contributed by atoms with Gasteiger partial charge in [-0.2, -0.15) is 13.2 Å². The normalized spacial score (nSPS) is 17.2. The van der Waals surface area contributed by atoms with Crippen molar-refractivity contribution in [2.24, 2.45) is 0 Å². The van der Waals surface area contributed by atoms with E-state index in [0.717, 1.165) is 23.1 Å². The van der Waals surface area contributed by atoms with Crippen LogP contribution in [0.2, 0.25) is 5.02 Å². The summed E-state index contributed by atoms with van der Waals surface area (Å²) in [5.74, 6) is -0.810. The van der Waals surface area contributed by atoms with E-state index in [1.54, 1.807) is 0 Å². The topological polar surface area (TPSA) is 29.5 Å². The van der Waals surface area contributed by atoms with Crippen molar-refractivity contribution in [3.8, 4) is 5.75 Å². The Balaban J connectivity index is 2.22. The molecular weight excluding hydrogens is 350 g/mol. The molecule has 0 saturated carbocycles. The molecule has 1 atom stereocenters. The van der Waals surface area contributed by atoms with Crippen LogP contribution in [0, 0.1) is 0 Å². The Morgan fingerprint density at radius 1 is 1.12 bits per heavy atom. The average molecular weight is 360 g/mol. The van der Waals surface area contributed by atoms with Gasteiger partial charge in [0.15, 0.2) is 0 Å². The highest BCUT2D eigenvalue weighted by Gasteiger charge is 2.42. The van der Waals surface area contributed by atoms with E-state index in [-0.39, 0.29) is 27.7 Å². The van der Waals surface area contributed by atoms with Gasteiger partial charge in [0.2, 0.25) is 6.17 Å². The first-order valence-corrected chi connectivity index (χ1v) is 7.14. The molecule has 126 valence electrons. The van der Waals surface area contributed by atoms with Crippen LogP contribution in [0.15, 0.2) is 36.4 Å². The van der Waals surface area contributed by atoms with Crippen LogP contribution >= 0.6 is 11.6 Å². The van der Waals surface area contributed by atoms with Crippen LogP contribution in [-0.2, 0) is 11.0 Å². The Kier molecular flexibility index (Phi) is 3.91. The maximum absolute atomic E-state index is 14.3. The molecule has 0 aromatic heterocycles. The van der Waals surface area contributed by atoms with Crippen molar-refractivity contribution in [2.75, 3.05) is 12.0 Å². The first kappa shape index (κ1) is 16.6. The van der Waals surface area contributed by atoms with Gasteiger partial charge in [-0.15, -0.1) is 0 Å². The molecule has 2 aromatic rings. The summed E-state index contributed by atoms with van der Waals surface area (Å²) in [5.41, 5.74) is -1.21. The summed E-state index contributed by atoms with van der Waals surface area (Å²) in [6.07, 6.45) is -6.66. The number of carbonyl (C=O) groups is 1. The Morgan fingerprint density at radius 2 is 1.83 bits per heavy atom. The third-order valence-electron chi connectivity index (χ3n) is 3.69. The third kappa shape index (κ3) is 2.58. The summed E-state index contributed by atoms with van der Waals surface area (Å²) in [6.45, 7) is 0. The predicted octanol–water partition coefficient (Wildman–Crippen LogP) is 5.06. The van der Waals surface area contributed by atoms with E-state index in [2.05, 4.69) is 0 Å². The summed E-state index contributed by atoms with van der Waals surface area (Å²) in [6, 6.07) is 6.73. The average Bonchev–Trinajstić information content (AvgIpc) is 2.77. The molecule has 0 spiro atoms. The minimum absolute atomic E-state index is 0.0794. The molecule has 2 aromatic carbocycles. The van der Waals surface area contributed by atoms with E-state index >= 15 is 0 Å². The van der Waals surface area contributed by atoms with Gasteiger partial charge in [0.25, 0.3) is 5.91 Å². The maximum Gasteiger partial charge on any atom is 0.416 e. The lowest BCUT2D eigenvalue weighted by Crippen LogP contribution is -2.23. The number of rotatable bonds is 2. The van der Waals surface area contributed by atoms with Gasteiger partial charge in [-0.25, -0.2) is 4.39 Å². The molecule has 0 bridgehead atoms. The minimum Gasteiger partial charge on any atom is -0.495 e. The van der Waals surface area contributed by atoms with E-state index in [1.807, 2.05) is 0 Å². The van der Waals surface area contributed by atoms with Gasteiger partial charge in [-0.05, 0) is 30.3 Å². The number of nitrogens with zero attached hydrogens (tertiary/aromatic N) is 1. The van der Waals surface area contributed by atoms with Gasteiger partial charge in [-0.3, -0.25) is 9.69 Å². The fourth-order valence-electron chi connectivity index (χ4n) is 2.58. The molecule has 3 nitrogen and oxygen atoms in total. The van der Waals surface area contributed by atoms with Crippen LogP contribution < -0.4 is 9.64 Å². The largest absolute Gasteiger partial charge is 0.495 e. The lowest BCUT2D eigenvalue weighted by atomic mass is 10.1. The fourth-order valence-corrected chi connectivity index (χ4v) is 2.75. The van der Waals surface area contributed by atoms with Crippen LogP contribution in [0.4, 0.5) is 28.9 Å². The van der Waals surface area contributed by atoms with Gasteiger partial charge < -0.3 is 4.74 Å². The van der Waals surface area contributed by atoms with Crippen molar-refractivity contribution >= 4 is 28.9 Å². The van der Waals surface area contributed by atoms with Gasteiger partial charge in [-0.1, -0.05) is 17.7 Å². The summed E-state index contributed by atoms with van der Waals surface area (Å²) in [5, 5.41) is 0.231. The van der Waals surface area contributed by atoms with Crippen LogP contribution in [0.5, 0.6) is 5.75 Å². The standard InChI is InChI=1S/C16H10ClF4NO2/c1-24-13-5-3-9(17)7-12(13)22-11-6-8(16(19,20)21)2-4-10(11)14(18)15(22)23/h2-7,14H,1H3/t14-/m0/s1. The van der Waals surface area contributed by atoms with E-state index in [0.29, 0.717) is 0 Å². The molecule has 0 fully saturated rings. The van der Waals surface area contributed by atoms with Crippen LogP contribution in [0.3, 0.4) is 0 Å². The smallest absolute Gasteiger partial charge is 0.416 e. The number of anilines is 2. The van der Waals surface area contributed by atoms with Crippen molar-refractivity contribution in [3.63, 3.8) is 0 Å². The Hall–Kier alpha value is -2.28. The zero-order valence-corrected chi connectivity index (χ0v) is 13.0. The van der Waals surface area contributed by atoms with E-state index in [1.165, 1.54) is 25.3 Å². The molecule has 0 N–H and O–H groups in total. The number of carbonyl (C=O) groups excluding carboxylic acids is 1. The zero-order valence-electron chi connectivity index (χ0n) is 12.2. The van der Waals surface area contributed by atoms with Crippen LogP contribution in [0.1, 0.15) is 17.3 Å². The SMILES string of the molecule is COc1ccc(Cl)cc1N1C(=O)[C@@H](F)c2ccc(C(F)(F)F)cc21. The van der Waals surface area contributed by atoms with E-state index in [4.69, 9.17) is 16.3 Å². The molecule has 24 heavy (non-hydrogen) atoms. The number of benzene rings is 2. The first-order valence-electron chi connectivity index (χ1n) is 6.76. The van der Waals surface area contributed by atoms with Crippen molar-refractivity contribution < 1.29 is 27.1 Å². The lowest BCUT2D eigenvalue weighted by Gasteiger charge is -2.21. The second-order valence-electron chi connectivity index (χ2n) is 5.12. The number of methoxy groups -OCH3 is 1. The molecule has 0 saturated heterocycles. The second-order valence-corrected chi connectivity index (χ2v) is 5.56. The molecule has 1 heterocycles. The first-order chi connectivity index (χ1) is 11.2. The molecule has 0 aliphatic carbocycles. The Morgan fingerprint density at radius 3 is 2.46 bits per heavy atom. The fraction of sp³-hybridized carbons (Fsp3) is 0.188. The van der Waals surface area contributed by atoms with Gasteiger partial charge >= 0.3 is 6.18 Å². The van der Waals surface area contributed by atoms with Gasteiger partial charge in [0.1, 0.15) is 5.75 Å². The van der Waals surface area contributed by atoms with Crippen molar-refractivity contribution in [3.05, 3.63) is 52.5 Å². The second kappa shape index (κ2) is 5.66. The summed E-state index contributed by atoms with van der Waals surface area (Å²) in [4.78, 5) is 13.1. The number of fused-ring (bicyclic) bond motifs is 1. The molecule has 8 heteroatoms. The van der Waals surface area contributed by atoms with E-state index < -0.39 is 23.8 Å². The third-order valence-corrected chi connectivity index (χ3v) is 3.93. The van der Waals surface area contributed by atoms with E-state index in [9.17, 15) is 22.4 Å². The van der Waals surface area contributed by atoms with Gasteiger partial charge in [0.05, 0.1) is 24.0 Å². The quantitative estimate of drug-likeness (QED) is 0.702. The lowest BCUT2D eigenvalue weighted by molar-refractivity contribution is -0.137. The highest BCUT2D eigenvalue weighted by atomic mass is 35.5. The van der Waals surface area contributed by atoms with Crippen molar-refractivity contribution in [2.45, 2.75) is 12.3 Å². The van der Waals surface area contributed by atoms with Crippen LogP contribution in [0.25, 0.3) is 0 Å². The number of hydrogen-bond acceptors (Lipinski definition) is 2. The number of alkyl halides is 4. The Labute approximate surface area is 139 Å². The van der Waals surface area contributed by atoms with Crippen molar-refractivity contribution in [1.82, 2.24) is 0 Å². The molecule has 1 amide bonds.